The lowest BCUT2D eigenvalue weighted by atomic mass is 10.1. The fourth-order valence-corrected chi connectivity index (χ4v) is 3.74. The van der Waals surface area contributed by atoms with E-state index in [1.54, 1.807) is 35.2 Å². The monoisotopic (exact) mass is 282 g/mol. The van der Waals surface area contributed by atoms with Gasteiger partial charge in [0.15, 0.2) is 0 Å². The summed E-state index contributed by atoms with van der Waals surface area (Å²) in [6.45, 7) is 4.04. The van der Waals surface area contributed by atoms with Gasteiger partial charge in [-0.15, -0.1) is 11.3 Å². The first kappa shape index (κ1) is 13.5. The highest BCUT2D eigenvalue weighted by atomic mass is 32.2. The molecule has 0 spiro atoms. The summed E-state index contributed by atoms with van der Waals surface area (Å²) in [5.41, 5.74) is 8.16. The van der Waals surface area contributed by atoms with E-state index in [1.165, 1.54) is 12.1 Å². The van der Waals surface area contributed by atoms with Crippen molar-refractivity contribution in [3.05, 3.63) is 46.7 Å². The zero-order chi connectivity index (χ0) is 13.1. The zero-order valence-electron chi connectivity index (χ0n) is 10.3. The molecule has 0 saturated carbocycles. The molecular formula is C13H15FN2S2. The maximum absolute atomic E-state index is 12.8. The van der Waals surface area contributed by atoms with Gasteiger partial charge in [-0.25, -0.2) is 9.37 Å². The zero-order valence-corrected chi connectivity index (χ0v) is 11.9. The molecule has 5 heteroatoms. The van der Waals surface area contributed by atoms with Gasteiger partial charge in [-0.2, -0.15) is 0 Å². The Morgan fingerprint density at radius 1 is 1.33 bits per heavy atom. The van der Waals surface area contributed by atoms with Gasteiger partial charge in [-0.05, 0) is 24.6 Å². The molecular weight excluding hydrogens is 267 g/mol. The van der Waals surface area contributed by atoms with Gasteiger partial charge < -0.3 is 5.73 Å². The predicted octanol–water partition coefficient (Wildman–Crippen LogP) is 3.77. The molecule has 0 radical (unpaired) electrons. The minimum absolute atomic E-state index is 0.125. The number of nitrogens with zero attached hydrogens (tertiary/aromatic N) is 1. The van der Waals surface area contributed by atoms with E-state index in [-0.39, 0.29) is 17.1 Å². The molecule has 0 aliphatic heterocycles. The summed E-state index contributed by atoms with van der Waals surface area (Å²) in [6, 6.07) is 6.24. The number of aryl methyl sites for hydroxylation is 1. The molecule has 2 rings (SSSR count). The average molecular weight is 282 g/mol. The van der Waals surface area contributed by atoms with Crippen LogP contribution in [0.15, 0.2) is 34.0 Å². The molecule has 18 heavy (non-hydrogen) atoms. The number of hydrogen-bond donors (Lipinski definition) is 1. The molecule has 96 valence electrons. The quantitative estimate of drug-likeness (QED) is 0.868. The number of benzene rings is 1. The summed E-state index contributed by atoms with van der Waals surface area (Å²) in [5, 5.41) is 2.22. The summed E-state index contributed by atoms with van der Waals surface area (Å²) in [7, 11) is 0. The molecule has 0 amide bonds. The predicted molar refractivity (Wildman–Crippen MR) is 75.5 cm³/mol. The first-order chi connectivity index (χ1) is 8.56. The lowest BCUT2D eigenvalue weighted by Crippen LogP contribution is -2.20. The van der Waals surface area contributed by atoms with E-state index in [4.69, 9.17) is 5.73 Å². The van der Waals surface area contributed by atoms with Crippen molar-refractivity contribution in [2.45, 2.75) is 29.5 Å². The van der Waals surface area contributed by atoms with Crippen LogP contribution in [-0.2, 0) is 0 Å². The van der Waals surface area contributed by atoms with Crippen LogP contribution in [0.5, 0.6) is 0 Å². The Bertz CT molecular complexity index is 510. The van der Waals surface area contributed by atoms with Crippen LogP contribution in [0.1, 0.15) is 24.2 Å². The molecule has 0 bridgehead atoms. The Morgan fingerprint density at radius 3 is 2.56 bits per heavy atom. The molecule has 2 atom stereocenters. The highest BCUT2D eigenvalue weighted by Gasteiger charge is 2.17. The number of nitrogens with two attached hydrogens (primary N) is 1. The van der Waals surface area contributed by atoms with Gasteiger partial charge in [-0.1, -0.05) is 30.8 Å². The maximum Gasteiger partial charge on any atom is 0.150 e. The van der Waals surface area contributed by atoms with Crippen molar-refractivity contribution in [1.29, 1.82) is 0 Å². The third-order valence-corrected chi connectivity index (χ3v) is 4.93. The normalized spacial score (nSPS) is 14.4. The first-order valence-electron chi connectivity index (χ1n) is 5.66. The Balaban J connectivity index is 2.04. The van der Waals surface area contributed by atoms with E-state index in [1.807, 2.05) is 12.3 Å². The number of aromatic nitrogens is 1. The van der Waals surface area contributed by atoms with E-state index in [0.29, 0.717) is 0 Å². The molecule has 1 aromatic carbocycles. The van der Waals surface area contributed by atoms with E-state index < -0.39 is 0 Å². The molecule has 1 aromatic heterocycles. The molecule has 0 aliphatic carbocycles. The lowest BCUT2D eigenvalue weighted by Gasteiger charge is -2.18. The van der Waals surface area contributed by atoms with Crippen LogP contribution in [0.4, 0.5) is 4.39 Å². The second-order valence-corrected chi connectivity index (χ2v) is 6.64. The van der Waals surface area contributed by atoms with Crippen molar-refractivity contribution in [3.8, 4) is 0 Å². The second kappa shape index (κ2) is 5.82. The Kier molecular flexibility index (Phi) is 4.37. The number of thiazole rings is 1. The van der Waals surface area contributed by atoms with Crippen molar-refractivity contribution >= 4 is 23.1 Å². The minimum Gasteiger partial charge on any atom is -0.323 e. The van der Waals surface area contributed by atoms with E-state index in [0.717, 1.165) is 15.6 Å². The Hall–Kier alpha value is -0.910. The van der Waals surface area contributed by atoms with Crippen molar-refractivity contribution in [1.82, 2.24) is 4.98 Å². The largest absolute Gasteiger partial charge is 0.323 e. The lowest BCUT2D eigenvalue weighted by molar-refractivity contribution is 0.624. The van der Waals surface area contributed by atoms with Crippen LogP contribution in [0.3, 0.4) is 0 Å². The van der Waals surface area contributed by atoms with E-state index >= 15 is 0 Å². The van der Waals surface area contributed by atoms with Crippen molar-refractivity contribution < 1.29 is 4.39 Å². The molecule has 0 saturated heterocycles. The fraction of sp³-hybridized carbons (Fsp3) is 0.308. The van der Waals surface area contributed by atoms with Crippen LogP contribution in [0.2, 0.25) is 0 Å². The molecule has 0 fully saturated rings. The number of halogens is 1. The summed E-state index contributed by atoms with van der Waals surface area (Å²) >= 11 is 3.29. The highest BCUT2D eigenvalue weighted by Crippen LogP contribution is 2.32. The third kappa shape index (κ3) is 3.31. The Morgan fingerprint density at radius 2 is 2.00 bits per heavy atom. The van der Waals surface area contributed by atoms with E-state index in [2.05, 4.69) is 11.9 Å². The Labute approximate surface area is 114 Å². The highest BCUT2D eigenvalue weighted by molar-refractivity contribution is 8.01. The van der Waals surface area contributed by atoms with Crippen molar-refractivity contribution in [2.24, 2.45) is 5.73 Å². The standard InChI is InChI=1S/C13H15FN2S2/c1-8-7-17-13(16-8)18-9(2)12(15)10-3-5-11(14)6-4-10/h3-7,9,12H,15H2,1-2H3. The minimum atomic E-state index is -0.234. The summed E-state index contributed by atoms with van der Waals surface area (Å²) < 4.78 is 13.9. The molecule has 2 unspecified atom stereocenters. The van der Waals surface area contributed by atoms with Crippen LogP contribution >= 0.6 is 23.1 Å². The van der Waals surface area contributed by atoms with Gasteiger partial charge in [-0.3, -0.25) is 0 Å². The van der Waals surface area contributed by atoms with Gasteiger partial charge in [0.05, 0.1) is 0 Å². The van der Waals surface area contributed by atoms with Gasteiger partial charge >= 0.3 is 0 Å². The van der Waals surface area contributed by atoms with Gasteiger partial charge in [0.25, 0.3) is 0 Å². The molecule has 1 heterocycles. The van der Waals surface area contributed by atoms with Crippen LogP contribution in [0.25, 0.3) is 0 Å². The van der Waals surface area contributed by atoms with Gasteiger partial charge in [0.2, 0.25) is 0 Å². The fourth-order valence-electron chi connectivity index (χ4n) is 1.57. The van der Waals surface area contributed by atoms with Gasteiger partial charge in [0, 0.05) is 22.4 Å². The second-order valence-electron chi connectivity index (χ2n) is 4.16. The smallest absolute Gasteiger partial charge is 0.150 e. The molecule has 2 N–H and O–H groups in total. The van der Waals surface area contributed by atoms with Crippen LogP contribution in [0, 0.1) is 12.7 Å². The number of thioether (sulfide) groups is 1. The maximum atomic E-state index is 12.8. The molecule has 2 aromatic rings. The summed E-state index contributed by atoms with van der Waals surface area (Å²) in [6.07, 6.45) is 0. The van der Waals surface area contributed by atoms with Crippen LogP contribution in [-0.4, -0.2) is 10.2 Å². The summed E-state index contributed by atoms with van der Waals surface area (Å²) in [5.74, 6) is -0.234. The SMILES string of the molecule is Cc1csc(SC(C)C(N)c2ccc(F)cc2)n1. The summed E-state index contributed by atoms with van der Waals surface area (Å²) in [4.78, 5) is 4.41. The van der Waals surface area contributed by atoms with Crippen molar-refractivity contribution in [2.75, 3.05) is 0 Å². The first-order valence-corrected chi connectivity index (χ1v) is 7.42. The van der Waals surface area contributed by atoms with Crippen LogP contribution < -0.4 is 5.73 Å². The molecule has 2 nitrogen and oxygen atoms in total. The topological polar surface area (TPSA) is 38.9 Å². The van der Waals surface area contributed by atoms with Gasteiger partial charge in [0.1, 0.15) is 10.2 Å². The number of rotatable bonds is 4. The molecule has 0 aliphatic rings. The average Bonchev–Trinajstić information content (AvgIpc) is 2.75. The van der Waals surface area contributed by atoms with E-state index in [9.17, 15) is 4.39 Å². The number of hydrogen-bond acceptors (Lipinski definition) is 4. The van der Waals surface area contributed by atoms with Crippen molar-refractivity contribution in [3.63, 3.8) is 0 Å². The third-order valence-electron chi connectivity index (χ3n) is 2.65.